The maximum Gasteiger partial charge on any atom is 0.305 e. The standard InChI is InChI=1S/C27H30N4O7S2/c1-18-5-11-22(12-6-18)40(36,37)31(20-7-9-21(38-3)10-8-20)19(2)15-25(33)30-23(16-26(34)35)24(32)17-39-27-28-13-4-14-29-27/h4-14,19,23H,15-17H2,1-3H3,(H,30,33)(H,34,35)/t19?,23-/m0/s1. The van der Waals surface area contributed by atoms with E-state index in [0.717, 1.165) is 21.6 Å². The molecular formula is C27H30N4O7S2. The lowest BCUT2D eigenvalue weighted by Crippen LogP contribution is -2.46. The van der Waals surface area contributed by atoms with Crippen molar-refractivity contribution in [2.75, 3.05) is 17.2 Å². The maximum absolute atomic E-state index is 13.7. The number of aliphatic carboxylic acids is 1. The summed E-state index contributed by atoms with van der Waals surface area (Å²) in [4.78, 5) is 45.3. The van der Waals surface area contributed by atoms with Gasteiger partial charge in [0.2, 0.25) is 5.91 Å². The number of Topliss-reactive ketones (excluding diaryl/α,β-unsaturated/α-hetero) is 1. The third kappa shape index (κ3) is 8.26. The van der Waals surface area contributed by atoms with Crippen molar-refractivity contribution in [3.8, 4) is 5.75 Å². The Hall–Kier alpha value is -3.97. The van der Waals surface area contributed by atoms with Gasteiger partial charge in [-0.3, -0.25) is 18.7 Å². The second-order valence-corrected chi connectivity index (χ2v) is 11.6. The van der Waals surface area contributed by atoms with Crippen molar-refractivity contribution >= 4 is 45.1 Å². The first kappa shape index (κ1) is 30.6. The summed E-state index contributed by atoms with van der Waals surface area (Å²) in [5.74, 6) is -2.10. The van der Waals surface area contributed by atoms with Crippen molar-refractivity contribution in [3.63, 3.8) is 0 Å². The van der Waals surface area contributed by atoms with Gasteiger partial charge in [0.1, 0.15) is 5.75 Å². The number of nitrogens with zero attached hydrogens (tertiary/aromatic N) is 3. The first-order valence-electron chi connectivity index (χ1n) is 12.2. The number of hydrogen-bond donors (Lipinski definition) is 2. The Labute approximate surface area is 237 Å². The number of ether oxygens (including phenoxy) is 1. The molecule has 1 unspecified atom stereocenters. The smallest absolute Gasteiger partial charge is 0.305 e. The number of aromatic nitrogens is 2. The Bertz CT molecular complexity index is 1420. The minimum atomic E-state index is -4.10. The van der Waals surface area contributed by atoms with Crippen molar-refractivity contribution in [2.45, 2.75) is 48.8 Å². The van der Waals surface area contributed by atoms with Gasteiger partial charge in [-0.25, -0.2) is 18.4 Å². The van der Waals surface area contributed by atoms with Crippen LogP contribution >= 0.6 is 11.8 Å². The highest BCUT2D eigenvalue weighted by Crippen LogP contribution is 2.29. The van der Waals surface area contributed by atoms with Gasteiger partial charge in [-0.1, -0.05) is 29.5 Å². The third-order valence-corrected chi connectivity index (χ3v) is 8.63. The van der Waals surface area contributed by atoms with E-state index in [-0.39, 0.29) is 17.1 Å². The molecule has 2 N–H and O–H groups in total. The number of methoxy groups -OCH3 is 1. The maximum atomic E-state index is 13.7. The number of ketones is 1. The molecule has 3 rings (SSSR count). The first-order chi connectivity index (χ1) is 19.0. The van der Waals surface area contributed by atoms with Gasteiger partial charge in [-0.05, 0) is 56.3 Å². The van der Waals surface area contributed by atoms with Crippen LogP contribution in [0.15, 0.2) is 77.0 Å². The Morgan fingerprint density at radius 1 is 1.02 bits per heavy atom. The zero-order valence-corrected chi connectivity index (χ0v) is 23.8. The fraction of sp³-hybridized carbons (Fsp3) is 0.296. The molecule has 3 aromatic rings. The van der Waals surface area contributed by atoms with Crippen LogP contribution in [-0.2, 0) is 24.4 Å². The van der Waals surface area contributed by atoms with E-state index in [1.54, 1.807) is 49.4 Å². The van der Waals surface area contributed by atoms with E-state index in [1.165, 1.54) is 31.6 Å². The summed E-state index contributed by atoms with van der Waals surface area (Å²) >= 11 is 1.02. The van der Waals surface area contributed by atoms with E-state index in [0.29, 0.717) is 16.6 Å². The number of thioether (sulfide) groups is 1. The molecule has 0 saturated heterocycles. The van der Waals surface area contributed by atoms with Gasteiger partial charge in [0.25, 0.3) is 10.0 Å². The van der Waals surface area contributed by atoms with Crippen LogP contribution in [0.25, 0.3) is 0 Å². The molecule has 0 radical (unpaired) electrons. The summed E-state index contributed by atoms with van der Waals surface area (Å²) in [7, 11) is -2.62. The molecule has 0 saturated carbocycles. The SMILES string of the molecule is COc1ccc(N(C(C)CC(=O)N[C@@H](CC(=O)O)C(=O)CSc2ncccn2)S(=O)(=O)c2ccc(C)cc2)cc1. The van der Waals surface area contributed by atoms with Gasteiger partial charge in [0.05, 0.1) is 42.0 Å². The summed E-state index contributed by atoms with van der Waals surface area (Å²) in [6.07, 6.45) is 2.06. The number of sulfonamides is 1. The highest BCUT2D eigenvalue weighted by atomic mass is 32.2. The number of carboxylic acids is 1. The minimum absolute atomic E-state index is 0.0419. The van der Waals surface area contributed by atoms with Crippen LogP contribution < -0.4 is 14.4 Å². The molecule has 1 heterocycles. The lowest BCUT2D eigenvalue weighted by Gasteiger charge is -2.31. The van der Waals surface area contributed by atoms with Gasteiger partial charge in [0.15, 0.2) is 10.9 Å². The Balaban J connectivity index is 1.81. The molecule has 2 atom stereocenters. The van der Waals surface area contributed by atoms with E-state index in [4.69, 9.17) is 4.74 Å². The Morgan fingerprint density at radius 3 is 2.23 bits per heavy atom. The molecule has 0 bridgehead atoms. The van der Waals surface area contributed by atoms with Gasteiger partial charge in [-0.2, -0.15) is 0 Å². The van der Waals surface area contributed by atoms with E-state index in [9.17, 15) is 27.9 Å². The molecule has 0 spiro atoms. The lowest BCUT2D eigenvalue weighted by molar-refractivity contribution is -0.139. The molecular weight excluding hydrogens is 556 g/mol. The predicted octanol–water partition coefficient (Wildman–Crippen LogP) is 3.09. The zero-order chi connectivity index (χ0) is 29.3. The van der Waals surface area contributed by atoms with Gasteiger partial charge >= 0.3 is 5.97 Å². The monoisotopic (exact) mass is 586 g/mol. The molecule has 1 amide bonds. The van der Waals surface area contributed by atoms with Gasteiger partial charge in [-0.15, -0.1) is 0 Å². The predicted molar refractivity (Wildman–Crippen MR) is 150 cm³/mol. The second kappa shape index (κ2) is 13.9. The molecule has 0 aliphatic carbocycles. The molecule has 2 aromatic carbocycles. The van der Waals surface area contributed by atoms with Crippen LogP contribution in [0.5, 0.6) is 5.75 Å². The number of rotatable bonds is 14. The van der Waals surface area contributed by atoms with Crippen LogP contribution in [0.2, 0.25) is 0 Å². The quantitative estimate of drug-likeness (QED) is 0.213. The summed E-state index contributed by atoms with van der Waals surface area (Å²) in [6, 6.07) is 12.1. The Kier molecular flexibility index (Phi) is 10.6. The van der Waals surface area contributed by atoms with Crippen molar-refractivity contribution in [1.82, 2.24) is 15.3 Å². The van der Waals surface area contributed by atoms with E-state index in [1.807, 2.05) is 6.92 Å². The minimum Gasteiger partial charge on any atom is -0.497 e. The molecule has 0 aliphatic heterocycles. The van der Waals surface area contributed by atoms with Crippen LogP contribution in [-0.4, -0.2) is 66.1 Å². The molecule has 11 nitrogen and oxygen atoms in total. The van der Waals surface area contributed by atoms with Crippen molar-refractivity contribution < 1.29 is 32.6 Å². The topological polar surface area (TPSA) is 156 Å². The van der Waals surface area contributed by atoms with Crippen LogP contribution in [0.3, 0.4) is 0 Å². The number of amides is 1. The van der Waals surface area contributed by atoms with Crippen LogP contribution in [0, 0.1) is 6.92 Å². The average molecular weight is 587 g/mol. The first-order valence-corrected chi connectivity index (χ1v) is 14.6. The third-order valence-electron chi connectivity index (χ3n) is 5.77. The molecule has 0 fully saturated rings. The summed E-state index contributed by atoms with van der Waals surface area (Å²) < 4.78 is 33.8. The number of carbonyl (C=O) groups excluding carboxylic acids is 2. The zero-order valence-electron chi connectivity index (χ0n) is 22.2. The number of aryl methyl sites for hydroxylation is 1. The molecule has 0 aliphatic rings. The van der Waals surface area contributed by atoms with Gasteiger partial charge in [0, 0.05) is 18.8 Å². The van der Waals surface area contributed by atoms with E-state index < -0.39 is 46.2 Å². The highest BCUT2D eigenvalue weighted by Gasteiger charge is 2.32. The normalized spacial score (nSPS) is 12.7. The van der Waals surface area contributed by atoms with Crippen molar-refractivity contribution in [1.29, 1.82) is 0 Å². The molecule has 212 valence electrons. The fourth-order valence-corrected chi connectivity index (χ4v) is 6.20. The van der Waals surface area contributed by atoms with E-state index >= 15 is 0 Å². The number of carbonyl (C=O) groups is 3. The number of carboxylic acid groups (broad SMARTS) is 1. The van der Waals surface area contributed by atoms with Crippen LogP contribution in [0.4, 0.5) is 5.69 Å². The van der Waals surface area contributed by atoms with Crippen LogP contribution in [0.1, 0.15) is 25.3 Å². The summed E-state index contributed by atoms with van der Waals surface area (Å²) in [6.45, 7) is 3.40. The van der Waals surface area contributed by atoms with Crippen molar-refractivity contribution in [2.24, 2.45) is 0 Å². The van der Waals surface area contributed by atoms with E-state index in [2.05, 4.69) is 15.3 Å². The largest absolute Gasteiger partial charge is 0.497 e. The van der Waals surface area contributed by atoms with Crippen molar-refractivity contribution in [3.05, 3.63) is 72.6 Å². The average Bonchev–Trinajstić information content (AvgIpc) is 2.92. The Morgan fingerprint density at radius 2 is 1.65 bits per heavy atom. The number of nitrogens with one attached hydrogen (secondary N) is 1. The summed E-state index contributed by atoms with van der Waals surface area (Å²) in [5.41, 5.74) is 1.19. The number of hydrogen-bond acceptors (Lipinski definition) is 9. The molecule has 1 aromatic heterocycles. The fourth-order valence-electron chi connectivity index (χ4n) is 3.80. The number of anilines is 1. The molecule has 13 heteroatoms. The lowest BCUT2D eigenvalue weighted by atomic mass is 10.1. The van der Waals surface area contributed by atoms with Gasteiger partial charge < -0.3 is 15.2 Å². The molecule has 40 heavy (non-hydrogen) atoms. The highest BCUT2D eigenvalue weighted by molar-refractivity contribution is 7.99. The second-order valence-electron chi connectivity index (χ2n) is 8.87. The summed E-state index contributed by atoms with van der Waals surface area (Å²) in [5, 5.41) is 12.1. The number of benzene rings is 2.